The molecule has 1 saturated heterocycles. The Morgan fingerprint density at radius 2 is 2.28 bits per heavy atom. The van der Waals surface area contributed by atoms with Crippen LogP contribution in [0.15, 0.2) is 24.3 Å². The maximum absolute atomic E-state index is 8.90. The van der Waals surface area contributed by atoms with E-state index in [9.17, 15) is 0 Å². The second-order valence-electron chi connectivity index (χ2n) is 5.58. The monoisotopic (exact) mass is 244 g/mol. The minimum Gasteiger partial charge on any atom is -0.372 e. The summed E-state index contributed by atoms with van der Waals surface area (Å²) >= 11 is 0. The molecular weight excluding hydrogens is 224 g/mol. The van der Waals surface area contributed by atoms with E-state index >= 15 is 0 Å². The lowest BCUT2D eigenvalue weighted by Gasteiger charge is -2.25. The van der Waals surface area contributed by atoms with Gasteiger partial charge < -0.3 is 9.64 Å². The third kappa shape index (κ3) is 3.02. The summed E-state index contributed by atoms with van der Waals surface area (Å²) in [6, 6.07) is 9.86. The van der Waals surface area contributed by atoms with E-state index in [-0.39, 0.29) is 11.7 Å². The van der Waals surface area contributed by atoms with E-state index in [1.165, 1.54) is 0 Å². The zero-order chi connectivity index (χ0) is 13.2. The first-order valence-electron chi connectivity index (χ1n) is 6.39. The first-order valence-corrected chi connectivity index (χ1v) is 6.39. The average Bonchev–Trinajstić information content (AvgIpc) is 2.68. The molecule has 0 amide bonds. The smallest absolute Gasteiger partial charge is 0.0992 e. The fourth-order valence-corrected chi connectivity index (χ4v) is 2.43. The van der Waals surface area contributed by atoms with Crippen LogP contribution in [0.25, 0.3) is 0 Å². The number of hydrogen-bond donors (Lipinski definition) is 0. The van der Waals surface area contributed by atoms with Gasteiger partial charge in [-0.15, -0.1) is 0 Å². The number of benzene rings is 1. The zero-order valence-corrected chi connectivity index (χ0v) is 11.3. The lowest BCUT2D eigenvalue weighted by molar-refractivity contribution is -0.0111. The molecule has 0 saturated carbocycles. The summed E-state index contributed by atoms with van der Waals surface area (Å²) in [6.07, 6.45) is 2.51. The largest absolute Gasteiger partial charge is 0.372 e. The molecule has 1 aliphatic heterocycles. The van der Waals surface area contributed by atoms with Gasteiger partial charge in [-0.25, -0.2) is 0 Å². The van der Waals surface area contributed by atoms with Crippen LogP contribution >= 0.6 is 0 Å². The molecule has 1 aliphatic rings. The van der Waals surface area contributed by atoms with Gasteiger partial charge in [-0.1, -0.05) is 6.07 Å². The Kier molecular flexibility index (Phi) is 3.58. The zero-order valence-electron chi connectivity index (χ0n) is 11.3. The van der Waals surface area contributed by atoms with E-state index in [0.29, 0.717) is 5.56 Å². The first-order chi connectivity index (χ1) is 8.50. The van der Waals surface area contributed by atoms with Gasteiger partial charge in [0.25, 0.3) is 0 Å². The fourth-order valence-electron chi connectivity index (χ4n) is 2.43. The third-order valence-corrected chi connectivity index (χ3v) is 3.45. The van der Waals surface area contributed by atoms with Crippen LogP contribution in [-0.4, -0.2) is 25.3 Å². The van der Waals surface area contributed by atoms with Crippen molar-refractivity contribution in [2.75, 3.05) is 18.5 Å². The maximum Gasteiger partial charge on any atom is 0.0992 e. The minimum absolute atomic E-state index is 0.0139. The molecule has 3 nitrogen and oxygen atoms in total. The molecule has 1 heterocycles. The third-order valence-electron chi connectivity index (χ3n) is 3.45. The Labute approximate surface area is 109 Å². The van der Waals surface area contributed by atoms with Crippen molar-refractivity contribution in [3.63, 3.8) is 0 Å². The molecule has 0 bridgehead atoms. The number of hydrogen-bond acceptors (Lipinski definition) is 3. The molecule has 1 atom stereocenters. The molecule has 1 aromatic carbocycles. The summed E-state index contributed by atoms with van der Waals surface area (Å²) in [5.41, 5.74) is 1.79. The molecule has 0 radical (unpaired) electrons. The van der Waals surface area contributed by atoms with Crippen LogP contribution in [0.3, 0.4) is 0 Å². The molecule has 96 valence electrons. The van der Waals surface area contributed by atoms with Crippen molar-refractivity contribution in [2.45, 2.75) is 38.4 Å². The predicted molar refractivity (Wildman–Crippen MR) is 72.6 cm³/mol. The van der Waals surface area contributed by atoms with Gasteiger partial charge in [-0.3, -0.25) is 0 Å². The fraction of sp³-hybridized carbons (Fsp3) is 0.533. The standard InChI is InChI=1S/C15H20N2O/c1-15(2)8-7-14(18-15)11-17(3)13-6-4-5-12(9-13)10-16/h4-6,9,14H,7-8,11H2,1-3H3. The minimum atomic E-state index is 0.0139. The van der Waals surface area contributed by atoms with Gasteiger partial charge in [0, 0.05) is 19.3 Å². The number of likely N-dealkylation sites (N-methyl/N-ethyl adjacent to an activating group) is 1. The number of rotatable bonds is 3. The topological polar surface area (TPSA) is 36.3 Å². The van der Waals surface area contributed by atoms with E-state index in [1.54, 1.807) is 0 Å². The molecule has 18 heavy (non-hydrogen) atoms. The summed E-state index contributed by atoms with van der Waals surface area (Å²) in [5, 5.41) is 8.90. The van der Waals surface area contributed by atoms with Crippen molar-refractivity contribution in [1.29, 1.82) is 5.26 Å². The van der Waals surface area contributed by atoms with Crippen LogP contribution in [0.5, 0.6) is 0 Å². The molecule has 3 heteroatoms. The van der Waals surface area contributed by atoms with Crippen molar-refractivity contribution < 1.29 is 4.74 Å². The number of nitriles is 1. The average molecular weight is 244 g/mol. The molecule has 0 N–H and O–H groups in total. The number of nitrogens with zero attached hydrogens (tertiary/aromatic N) is 2. The van der Waals surface area contributed by atoms with Gasteiger partial charge in [-0.05, 0) is 44.9 Å². The van der Waals surface area contributed by atoms with Crippen LogP contribution in [0.1, 0.15) is 32.3 Å². The molecule has 2 rings (SSSR count). The van der Waals surface area contributed by atoms with E-state index < -0.39 is 0 Å². The van der Waals surface area contributed by atoms with Crippen LogP contribution in [0, 0.1) is 11.3 Å². The second-order valence-corrected chi connectivity index (χ2v) is 5.58. The Morgan fingerprint density at radius 1 is 1.50 bits per heavy atom. The highest BCUT2D eigenvalue weighted by atomic mass is 16.5. The van der Waals surface area contributed by atoms with Crippen LogP contribution in [0.2, 0.25) is 0 Å². The molecule has 1 fully saturated rings. The summed E-state index contributed by atoms with van der Waals surface area (Å²) in [6.45, 7) is 5.16. The predicted octanol–water partition coefficient (Wildman–Crippen LogP) is 2.95. The van der Waals surface area contributed by atoms with Crippen LogP contribution < -0.4 is 4.90 Å². The van der Waals surface area contributed by atoms with Gasteiger partial charge in [0.2, 0.25) is 0 Å². The van der Waals surface area contributed by atoms with E-state index in [0.717, 1.165) is 25.1 Å². The van der Waals surface area contributed by atoms with Gasteiger partial charge in [0.1, 0.15) is 0 Å². The van der Waals surface area contributed by atoms with Crippen molar-refractivity contribution >= 4 is 5.69 Å². The highest BCUT2D eigenvalue weighted by molar-refractivity contribution is 5.50. The lowest BCUT2D eigenvalue weighted by atomic mass is 10.1. The maximum atomic E-state index is 8.90. The highest BCUT2D eigenvalue weighted by Crippen LogP contribution is 2.30. The number of anilines is 1. The van der Waals surface area contributed by atoms with E-state index in [4.69, 9.17) is 10.00 Å². The summed E-state index contributed by atoms with van der Waals surface area (Å²) in [5.74, 6) is 0. The quantitative estimate of drug-likeness (QED) is 0.820. The SMILES string of the molecule is CN(CC1CCC(C)(C)O1)c1cccc(C#N)c1. The van der Waals surface area contributed by atoms with Gasteiger partial charge in [0.15, 0.2) is 0 Å². The molecule has 1 unspecified atom stereocenters. The summed E-state index contributed by atoms with van der Waals surface area (Å²) < 4.78 is 5.99. The molecule has 0 spiro atoms. The van der Waals surface area contributed by atoms with Crippen molar-refractivity contribution in [1.82, 2.24) is 0 Å². The van der Waals surface area contributed by atoms with Gasteiger partial charge in [0.05, 0.1) is 23.3 Å². The van der Waals surface area contributed by atoms with Gasteiger partial charge in [-0.2, -0.15) is 5.26 Å². The Morgan fingerprint density at radius 3 is 2.89 bits per heavy atom. The second kappa shape index (κ2) is 4.99. The number of ether oxygens (including phenoxy) is 1. The Balaban J connectivity index is 2.00. The molecular formula is C15H20N2O. The Hall–Kier alpha value is -1.53. The summed E-state index contributed by atoms with van der Waals surface area (Å²) in [7, 11) is 2.05. The molecule has 1 aromatic rings. The van der Waals surface area contributed by atoms with E-state index in [2.05, 4.69) is 24.8 Å². The Bertz CT molecular complexity index is 462. The highest BCUT2D eigenvalue weighted by Gasteiger charge is 2.32. The van der Waals surface area contributed by atoms with Crippen molar-refractivity contribution in [3.05, 3.63) is 29.8 Å². The normalized spacial score (nSPS) is 21.6. The van der Waals surface area contributed by atoms with Crippen molar-refractivity contribution in [3.8, 4) is 6.07 Å². The molecule has 0 aliphatic carbocycles. The summed E-state index contributed by atoms with van der Waals surface area (Å²) in [4.78, 5) is 2.16. The van der Waals surface area contributed by atoms with Crippen molar-refractivity contribution in [2.24, 2.45) is 0 Å². The lowest BCUT2D eigenvalue weighted by Crippen LogP contribution is -2.31. The molecule has 0 aromatic heterocycles. The van der Waals surface area contributed by atoms with E-state index in [1.807, 2.05) is 31.3 Å². The first kappa shape index (κ1) is 12.9. The van der Waals surface area contributed by atoms with Crippen LogP contribution in [-0.2, 0) is 4.74 Å². The van der Waals surface area contributed by atoms with Gasteiger partial charge >= 0.3 is 0 Å². The van der Waals surface area contributed by atoms with Crippen LogP contribution in [0.4, 0.5) is 5.69 Å².